The molecule has 458 valence electrons. The maximum absolute atomic E-state index is 9.89. The molecule has 5 atom stereocenters. The van der Waals surface area contributed by atoms with Gasteiger partial charge in [-0.15, -0.1) is 0 Å². The zero-order valence-corrected chi connectivity index (χ0v) is 63.5. The molecule has 19 heteroatoms. The minimum absolute atomic E-state index is 0.178. The second-order valence-corrected chi connectivity index (χ2v) is 57.6. The normalized spacial score (nSPS) is 16.7. The summed E-state index contributed by atoms with van der Waals surface area (Å²) >= 11 is 0. The lowest BCUT2D eigenvalue weighted by Gasteiger charge is -2.38. The summed E-state index contributed by atoms with van der Waals surface area (Å²) in [7, 11) is -14.7. The predicted molar refractivity (Wildman–Crippen MR) is 354 cm³/mol. The summed E-state index contributed by atoms with van der Waals surface area (Å²) in [6.07, 6.45) is 34.1. The quantitative estimate of drug-likeness (QED) is 0.0451. The van der Waals surface area contributed by atoms with Crippen molar-refractivity contribution in [3.8, 4) is 0 Å². The minimum atomic E-state index is -2.24. The molecule has 5 unspecified atom stereocenters. The molecule has 0 aliphatic heterocycles. The molecule has 2 N–H and O–H groups in total. The van der Waals surface area contributed by atoms with Crippen molar-refractivity contribution in [3.63, 3.8) is 0 Å². The van der Waals surface area contributed by atoms with E-state index in [-0.39, 0.29) is 13.2 Å². The summed E-state index contributed by atoms with van der Waals surface area (Å²) in [6.45, 7) is 38.2. The van der Waals surface area contributed by atoms with Gasteiger partial charge in [-0.3, -0.25) is 0 Å². The molecule has 0 spiro atoms. The molecule has 0 saturated carbocycles. The highest BCUT2D eigenvalue weighted by Gasteiger charge is 2.40. The Morgan fingerprint density at radius 2 is 0.763 bits per heavy atom. The lowest BCUT2D eigenvalue weighted by atomic mass is 10.1. The zero-order valence-electron chi connectivity index (χ0n) is 53.6. The van der Waals surface area contributed by atoms with Gasteiger partial charge in [0.2, 0.25) is 0 Å². The summed E-state index contributed by atoms with van der Waals surface area (Å²) in [5.41, 5.74) is 0. The fourth-order valence-electron chi connectivity index (χ4n) is 11.1. The van der Waals surface area contributed by atoms with Crippen molar-refractivity contribution in [2.75, 3.05) is 39.6 Å². The Hall–Kier alpha value is 1.55. The van der Waals surface area contributed by atoms with Crippen molar-refractivity contribution in [3.05, 3.63) is 0 Å². The molecule has 0 aromatic heterocycles. The van der Waals surface area contributed by atoms with Crippen LogP contribution in [0.5, 0.6) is 0 Å². The minimum Gasteiger partial charge on any atom is -0.456 e. The molecule has 0 amide bonds. The highest BCUT2D eigenvalue weighted by Crippen LogP contribution is 2.33. The fourth-order valence-corrected chi connectivity index (χ4v) is 43.9. The number of rotatable bonds is 58. The van der Waals surface area contributed by atoms with E-state index in [4.69, 9.17) is 34.5 Å². The largest absolute Gasteiger partial charge is 0.456 e. The Morgan fingerprint density at radius 3 is 1.20 bits per heavy atom. The molecule has 0 radical (unpaired) electrons. The van der Waals surface area contributed by atoms with Crippen molar-refractivity contribution in [1.29, 1.82) is 0 Å². The molecule has 0 heterocycles. The van der Waals surface area contributed by atoms with Crippen LogP contribution in [0.3, 0.4) is 0 Å². The number of unbranched alkanes of at least 4 members (excludes halogenated alkanes) is 21. The molecule has 0 aliphatic rings. The van der Waals surface area contributed by atoms with Crippen LogP contribution < -0.4 is 0 Å². The summed E-state index contributed by atoms with van der Waals surface area (Å²) in [5.74, 6) is 0. The van der Waals surface area contributed by atoms with Gasteiger partial charge in [-0.05, 0) is 146 Å². The Kier molecular flexibility index (Phi) is 46.9. The topological polar surface area (TPSA) is 114 Å². The van der Waals surface area contributed by atoms with Crippen LogP contribution in [-0.2, 0) is 34.5 Å². The van der Waals surface area contributed by atoms with E-state index in [9.17, 15) is 10.2 Å². The maximum atomic E-state index is 9.89. The third kappa shape index (κ3) is 46.0. The smallest absolute Gasteiger partial charge is 0.321 e. The second kappa shape index (κ2) is 45.9. The summed E-state index contributed by atoms with van der Waals surface area (Å²) in [5, 5.41) is 19.2. The van der Waals surface area contributed by atoms with Crippen LogP contribution in [0, 0.1) is 0 Å². The van der Waals surface area contributed by atoms with Crippen molar-refractivity contribution in [2.45, 2.75) is 327 Å². The van der Waals surface area contributed by atoms with E-state index in [0.29, 0.717) is 6.61 Å². The molecule has 0 aromatic rings. The van der Waals surface area contributed by atoms with Crippen LogP contribution >= 0.6 is 0 Å². The summed E-state index contributed by atoms with van der Waals surface area (Å²) < 4.78 is 53.5. The first-order chi connectivity index (χ1) is 35.9. The first-order valence-corrected chi connectivity index (χ1v) is 56.7. The number of hydrogen-bond donors (Lipinski definition) is 2. The highest BCUT2D eigenvalue weighted by atomic mass is 28.5. The van der Waals surface area contributed by atoms with Crippen LogP contribution in [-0.4, -0.2) is 134 Å². The van der Waals surface area contributed by atoms with Gasteiger partial charge in [0, 0.05) is 26.4 Å². The van der Waals surface area contributed by atoms with E-state index in [1.807, 2.05) is 0 Å². The van der Waals surface area contributed by atoms with Crippen molar-refractivity contribution >= 4 is 78.2 Å². The molecule has 0 aliphatic carbocycles. The van der Waals surface area contributed by atoms with Gasteiger partial charge in [0.15, 0.2) is 41.6 Å². The average molecular weight is 1230 g/mol. The Labute approximate surface area is 486 Å². The Balaban J connectivity index is 5.81. The highest BCUT2D eigenvalue weighted by molar-refractivity contribution is 6.86. The van der Waals surface area contributed by atoms with Gasteiger partial charge >= 0.3 is 17.1 Å². The molecule has 0 rings (SSSR count). The van der Waals surface area contributed by atoms with Gasteiger partial charge < -0.3 is 44.7 Å². The van der Waals surface area contributed by atoms with Crippen LogP contribution in [0.25, 0.3) is 0 Å². The van der Waals surface area contributed by atoms with Gasteiger partial charge in [-0.2, -0.15) is 0 Å². The average Bonchev–Trinajstić information content (AvgIpc) is 3.33. The number of hydrogen-bond acceptors (Lipinski definition) is 10. The molecule has 0 saturated heterocycles. The molecule has 0 aromatic carbocycles. The molecule has 10 nitrogen and oxygen atoms in total. The number of ether oxygens (including phenoxy) is 1. The summed E-state index contributed by atoms with van der Waals surface area (Å²) in [6, 6.07) is 9.28. The Bertz CT molecular complexity index is 1330. The predicted octanol–water partition coefficient (Wildman–Crippen LogP) is 16.8. The lowest BCUT2D eigenvalue weighted by molar-refractivity contribution is 0.00631. The standard InChI is InChI=1S/C57H134O10Si9/c1-16-18-20-22-24-26-28-30-32-37-49-75(14,67-76(15,65-69-4)52-38-33-31-29-27-25-23-21-19-17-2)50-41-36-45-62-73(12,51-42-43-60-56-57(59)55-58)47-40-35-46-63-74(13,54-53-71(8,9)66-70(5,6)7)48-39-34-44-61-72(10,11)64-68-3/h57-59H,16-56,68-69H2,1-15H3. The SMILES string of the molecule is CCCCCCCCCCCC[Si](C)(CCCCO[Si](C)(CCCCO[Si](C)(CCCCO[Si](C)(C)O[SiH2]C)CC[Si](C)(C)O[Si](C)(C)C)CCCOCC(O)CO)O[Si](C)(CCCCCCCCCCCC)O[SiH2]C. The van der Waals surface area contributed by atoms with E-state index >= 15 is 0 Å². The Morgan fingerprint density at radius 1 is 0.382 bits per heavy atom. The van der Waals surface area contributed by atoms with Crippen molar-refractivity contribution in [1.82, 2.24) is 0 Å². The van der Waals surface area contributed by atoms with Crippen LogP contribution in [0.15, 0.2) is 0 Å². The molecular weight excluding hydrogens is 1100 g/mol. The monoisotopic (exact) mass is 1230 g/mol. The van der Waals surface area contributed by atoms with Gasteiger partial charge in [-0.1, -0.05) is 175 Å². The van der Waals surface area contributed by atoms with E-state index in [2.05, 4.69) is 99.0 Å². The molecular formula is C57H134O10Si9. The van der Waals surface area contributed by atoms with E-state index in [1.54, 1.807) is 0 Å². The molecule has 0 bridgehead atoms. The zero-order chi connectivity index (χ0) is 57.1. The number of aliphatic hydroxyl groups excluding tert-OH is 2. The maximum Gasteiger partial charge on any atom is 0.321 e. The number of aliphatic hydroxyl groups is 2. The van der Waals surface area contributed by atoms with E-state index in [0.717, 1.165) is 76.5 Å². The van der Waals surface area contributed by atoms with E-state index < -0.39 is 84.3 Å². The van der Waals surface area contributed by atoms with Crippen LogP contribution in [0.4, 0.5) is 0 Å². The molecule has 0 fully saturated rings. The van der Waals surface area contributed by atoms with Gasteiger partial charge in [-0.25, -0.2) is 0 Å². The second-order valence-electron chi connectivity index (χ2n) is 26.1. The summed E-state index contributed by atoms with van der Waals surface area (Å²) in [4.78, 5) is 0. The van der Waals surface area contributed by atoms with Gasteiger partial charge in [0.05, 0.1) is 13.2 Å². The first-order valence-electron chi connectivity index (χ1n) is 32.4. The van der Waals surface area contributed by atoms with Crippen LogP contribution in [0.2, 0.25) is 133 Å². The van der Waals surface area contributed by atoms with Crippen LogP contribution in [0.1, 0.15) is 187 Å². The van der Waals surface area contributed by atoms with Gasteiger partial charge in [0.25, 0.3) is 0 Å². The molecule has 76 heavy (non-hydrogen) atoms. The third-order valence-electron chi connectivity index (χ3n) is 15.5. The van der Waals surface area contributed by atoms with Crippen molar-refractivity contribution < 1.29 is 44.7 Å². The third-order valence-corrected chi connectivity index (χ3v) is 45.6. The lowest BCUT2D eigenvalue weighted by Crippen LogP contribution is -2.50. The first kappa shape index (κ1) is 77.6. The van der Waals surface area contributed by atoms with E-state index in [1.165, 1.54) is 165 Å². The van der Waals surface area contributed by atoms with Gasteiger partial charge in [0.1, 0.15) is 25.6 Å². The van der Waals surface area contributed by atoms with Crippen molar-refractivity contribution in [2.24, 2.45) is 0 Å². The fraction of sp³-hybridized carbons (Fsp3) is 1.00.